The Bertz CT molecular complexity index is 1230. The zero-order valence-electron chi connectivity index (χ0n) is 20.4. The monoisotopic (exact) mass is 487 g/mol. The number of amides is 4. The van der Waals surface area contributed by atoms with E-state index in [4.69, 9.17) is 9.47 Å². The van der Waals surface area contributed by atoms with E-state index in [1.165, 1.54) is 4.90 Å². The fourth-order valence-electron chi connectivity index (χ4n) is 4.90. The number of morpholine rings is 1. The summed E-state index contributed by atoms with van der Waals surface area (Å²) in [6.45, 7) is 1.75. The minimum Gasteiger partial charge on any atom is -0.489 e. The first kappa shape index (κ1) is 24.1. The van der Waals surface area contributed by atoms with E-state index < -0.39 is 11.9 Å². The highest BCUT2D eigenvalue weighted by molar-refractivity contribution is 6.39. The summed E-state index contributed by atoms with van der Waals surface area (Å²) in [5.41, 5.74) is 3.25. The van der Waals surface area contributed by atoms with E-state index in [0.29, 0.717) is 37.4 Å². The van der Waals surface area contributed by atoms with E-state index in [2.05, 4.69) is 5.32 Å². The third-order valence-electron chi connectivity index (χ3n) is 6.84. The maximum absolute atomic E-state index is 13.0. The molecule has 36 heavy (non-hydrogen) atoms. The number of hydrogen-bond donors (Lipinski definition) is 1. The van der Waals surface area contributed by atoms with Gasteiger partial charge in [0.2, 0.25) is 17.7 Å². The molecule has 0 bridgehead atoms. The Morgan fingerprint density at radius 2 is 1.81 bits per heavy atom. The number of nitrogens with zero attached hydrogens (tertiary/aromatic N) is 2. The molecule has 3 aliphatic rings. The quantitative estimate of drug-likeness (QED) is 0.428. The van der Waals surface area contributed by atoms with E-state index in [1.54, 1.807) is 12.1 Å². The molecule has 0 aromatic heterocycles. The number of imide groups is 1. The second-order valence-electron chi connectivity index (χ2n) is 10.1. The minimum atomic E-state index is -0.660. The molecule has 184 valence electrons. The first-order valence-corrected chi connectivity index (χ1v) is 12.1. The van der Waals surface area contributed by atoms with Crippen LogP contribution in [0.1, 0.15) is 39.9 Å². The number of rotatable bonds is 6. The van der Waals surface area contributed by atoms with Crippen LogP contribution >= 0.6 is 0 Å². The van der Waals surface area contributed by atoms with Gasteiger partial charge < -0.3 is 19.3 Å². The number of piperidine rings is 1. The van der Waals surface area contributed by atoms with Crippen LogP contribution in [0.2, 0.25) is 0 Å². The Hall–Kier alpha value is -3.59. The Morgan fingerprint density at radius 3 is 2.56 bits per heavy atom. The van der Waals surface area contributed by atoms with Crippen molar-refractivity contribution < 1.29 is 28.7 Å². The molecule has 2 saturated heterocycles. The number of hydrogen-bond acceptors (Lipinski definition) is 6. The second kappa shape index (κ2) is 9.46. The number of carbonyl (C=O) groups excluding carboxylic acids is 4. The smallest absolute Gasteiger partial charge is 0.255 e. The van der Waals surface area contributed by atoms with Crippen LogP contribution in [0.25, 0.3) is 0 Å². The average Bonchev–Trinajstić information content (AvgIpc) is 3.18. The summed E-state index contributed by atoms with van der Waals surface area (Å²) in [7, 11) is 3.95. The molecule has 0 spiro atoms. The zero-order chi connectivity index (χ0) is 25.4. The van der Waals surface area contributed by atoms with Gasteiger partial charge in [0.1, 0.15) is 40.7 Å². The molecule has 1 atom stereocenters. The van der Waals surface area contributed by atoms with Crippen LogP contribution in [-0.2, 0) is 38.8 Å². The molecular formula is C25H27B2N3O6. The largest absolute Gasteiger partial charge is 0.489 e. The van der Waals surface area contributed by atoms with Crippen LogP contribution in [-0.4, -0.2) is 73.7 Å². The lowest BCUT2D eigenvalue weighted by Gasteiger charge is -2.38. The van der Waals surface area contributed by atoms with Crippen LogP contribution < -0.4 is 10.1 Å². The number of benzene rings is 2. The maximum Gasteiger partial charge on any atom is 0.255 e. The van der Waals surface area contributed by atoms with E-state index in [1.807, 2.05) is 50.9 Å². The number of ether oxygens (including phenoxy) is 2. The third-order valence-corrected chi connectivity index (χ3v) is 6.84. The average molecular weight is 487 g/mol. The Morgan fingerprint density at radius 1 is 1.06 bits per heavy atom. The molecule has 3 aliphatic heterocycles. The fraction of sp³-hybridized carbons (Fsp3) is 0.360. The molecule has 9 nitrogen and oxygen atoms in total. The van der Waals surface area contributed by atoms with E-state index in [9.17, 15) is 19.2 Å². The third kappa shape index (κ3) is 4.88. The van der Waals surface area contributed by atoms with Crippen LogP contribution in [0, 0.1) is 0 Å². The molecule has 11 heteroatoms. The van der Waals surface area contributed by atoms with Crippen LogP contribution in [0.5, 0.6) is 5.75 Å². The molecule has 2 aromatic rings. The first-order valence-electron chi connectivity index (χ1n) is 12.1. The van der Waals surface area contributed by atoms with E-state index >= 15 is 0 Å². The van der Waals surface area contributed by atoms with Gasteiger partial charge in [0.05, 0.1) is 6.54 Å². The van der Waals surface area contributed by atoms with Crippen molar-refractivity contribution in [3.8, 4) is 5.75 Å². The summed E-state index contributed by atoms with van der Waals surface area (Å²) < 4.78 is 11.6. The van der Waals surface area contributed by atoms with Gasteiger partial charge in [-0.05, 0) is 29.7 Å². The van der Waals surface area contributed by atoms with Gasteiger partial charge in [-0.1, -0.05) is 30.3 Å². The lowest BCUT2D eigenvalue weighted by atomic mass is 9.64. The highest BCUT2D eigenvalue weighted by atomic mass is 16.5. The SMILES string of the molecule is BC1(B)CN(Cc2ccc(COc3cccc4c3CN(C3CCC(=O)NC3=O)C4=O)cc2)C(=O)CO1. The molecule has 5 rings (SSSR count). The van der Waals surface area contributed by atoms with Gasteiger partial charge in [0.15, 0.2) is 0 Å². The zero-order valence-corrected chi connectivity index (χ0v) is 20.4. The summed E-state index contributed by atoms with van der Waals surface area (Å²) in [6, 6.07) is 12.6. The fourth-order valence-corrected chi connectivity index (χ4v) is 4.90. The lowest BCUT2D eigenvalue weighted by Crippen LogP contribution is -2.55. The molecular weight excluding hydrogens is 460 g/mol. The molecule has 2 aromatic carbocycles. The van der Waals surface area contributed by atoms with Crippen molar-refractivity contribution in [3.63, 3.8) is 0 Å². The number of fused-ring (bicyclic) bond motifs is 1. The van der Waals surface area contributed by atoms with Gasteiger partial charge in [-0.15, -0.1) is 0 Å². The van der Waals surface area contributed by atoms with Gasteiger partial charge in [-0.3, -0.25) is 24.5 Å². The van der Waals surface area contributed by atoms with E-state index in [0.717, 1.165) is 16.7 Å². The van der Waals surface area contributed by atoms with E-state index in [-0.39, 0.29) is 42.7 Å². The normalized spacial score (nSPS) is 21.4. The van der Waals surface area contributed by atoms with Crippen molar-refractivity contribution >= 4 is 39.3 Å². The highest BCUT2D eigenvalue weighted by Crippen LogP contribution is 2.34. The van der Waals surface area contributed by atoms with Crippen molar-refractivity contribution in [1.29, 1.82) is 0 Å². The summed E-state index contributed by atoms with van der Waals surface area (Å²) >= 11 is 0. The van der Waals surface area contributed by atoms with Gasteiger partial charge in [0.25, 0.3) is 5.91 Å². The Labute approximate surface area is 210 Å². The summed E-state index contributed by atoms with van der Waals surface area (Å²) in [6.07, 6.45) is 0.536. The summed E-state index contributed by atoms with van der Waals surface area (Å²) in [5.74, 6) is -0.385. The number of carbonyl (C=O) groups is 4. The summed E-state index contributed by atoms with van der Waals surface area (Å²) in [4.78, 5) is 52.3. The van der Waals surface area contributed by atoms with Gasteiger partial charge in [-0.25, -0.2) is 0 Å². The molecule has 1 unspecified atom stereocenters. The van der Waals surface area contributed by atoms with Crippen LogP contribution in [0.15, 0.2) is 42.5 Å². The molecule has 3 heterocycles. The minimum absolute atomic E-state index is 0.0134. The second-order valence-corrected chi connectivity index (χ2v) is 10.1. The predicted octanol–water partition coefficient (Wildman–Crippen LogP) is -0.695. The topological polar surface area (TPSA) is 105 Å². The van der Waals surface area contributed by atoms with Crippen LogP contribution in [0.3, 0.4) is 0 Å². The maximum atomic E-state index is 13.0. The van der Waals surface area contributed by atoms with Crippen LogP contribution in [0.4, 0.5) is 0 Å². The molecule has 0 radical (unpaired) electrons. The van der Waals surface area contributed by atoms with Gasteiger partial charge in [0, 0.05) is 36.0 Å². The van der Waals surface area contributed by atoms with Crippen molar-refractivity contribution in [1.82, 2.24) is 15.1 Å². The van der Waals surface area contributed by atoms with Crippen molar-refractivity contribution in [3.05, 3.63) is 64.7 Å². The highest BCUT2D eigenvalue weighted by Gasteiger charge is 2.40. The van der Waals surface area contributed by atoms with Gasteiger partial charge in [-0.2, -0.15) is 0 Å². The van der Waals surface area contributed by atoms with Gasteiger partial charge >= 0.3 is 0 Å². The summed E-state index contributed by atoms with van der Waals surface area (Å²) in [5, 5.41) is 1.97. The van der Waals surface area contributed by atoms with Crippen molar-refractivity contribution in [2.24, 2.45) is 0 Å². The molecule has 2 fully saturated rings. The number of nitrogens with one attached hydrogen (secondary N) is 1. The van der Waals surface area contributed by atoms with Crippen molar-refractivity contribution in [2.45, 2.75) is 44.0 Å². The first-order chi connectivity index (χ1) is 17.2. The molecule has 0 saturated carbocycles. The molecule has 1 N–H and O–H groups in total. The molecule has 0 aliphatic carbocycles. The van der Waals surface area contributed by atoms with Crippen molar-refractivity contribution in [2.75, 3.05) is 13.2 Å². The lowest BCUT2D eigenvalue weighted by molar-refractivity contribution is -0.148. The standard InChI is InChI=1S/C25H27B2N3O6/c26-25(27)14-29(22(32)13-36-25)10-15-4-6-16(7-5-15)12-35-20-3-1-2-17-18(20)11-30(24(17)34)19-8-9-21(31)28-23(19)33/h1-7,19H,8-14,26-27H2,(H,28,31,33). The Balaban J connectivity index is 1.22. The Kier molecular flexibility index (Phi) is 6.34. The predicted molar refractivity (Wildman–Crippen MR) is 134 cm³/mol. The molecule has 4 amide bonds.